The lowest BCUT2D eigenvalue weighted by molar-refractivity contribution is -0.0274. The Kier molecular flexibility index (Phi) is 7.07. The summed E-state index contributed by atoms with van der Waals surface area (Å²) in [5.74, 6) is -1.27. The molecule has 0 radical (unpaired) electrons. The van der Waals surface area contributed by atoms with Crippen LogP contribution in [0.1, 0.15) is 0 Å². The van der Waals surface area contributed by atoms with Crippen LogP contribution in [0.4, 0.5) is 0 Å². The van der Waals surface area contributed by atoms with E-state index in [0.29, 0.717) is 0 Å². The third-order valence-corrected chi connectivity index (χ3v) is 2.02. The smallest absolute Gasteiger partial charge is 0.234 e. The second-order valence-corrected chi connectivity index (χ2v) is 3.62. The van der Waals surface area contributed by atoms with Crippen molar-refractivity contribution < 1.29 is 9.84 Å². The fourth-order valence-corrected chi connectivity index (χ4v) is 1.19. The normalized spacial score (nSPS) is 17.4. The highest BCUT2D eigenvalue weighted by Gasteiger charge is 1.98. The summed E-state index contributed by atoms with van der Waals surface area (Å²) < 4.78 is 4.92. The topological polar surface area (TPSA) is 29.5 Å². The van der Waals surface area contributed by atoms with E-state index in [0.717, 1.165) is 5.57 Å². The zero-order valence-electron chi connectivity index (χ0n) is 9.37. The van der Waals surface area contributed by atoms with E-state index in [1.807, 2.05) is 66.8 Å². The maximum Gasteiger partial charge on any atom is 0.234 e. The number of hydrogen-bond donors (Lipinski definition) is 1. The molecule has 0 aromatic heterocycles. The van der Waals surface area contributed by atoms with Crippen LogP contribution < -0.4 is 0 Å². The lowest BCUT2D eigenvalue weighted by atomic mass is 10.2. The van der Waals surface area contributed by atoms with Gasteiger partial charge in [-0.2, -0.15) is 0 Å². The predicted molar refractivity (Wildman–Crippen MR) is 71.6 cm³/mol. The minimum absolute atomic E-state index is 0.263. The average Bonchev–Trinajstić information content (AvgIpc) is 2.28. The highest BCUT2D eigenvalue weighted by molar-refractivity contribution is 6.18. The minimum atomic E-state index is -1.27. The summed E-state index contributed by atoms with van der Waals surface area (Å²) in [4.78, 5) is 0. The van der Waals surface area contributed by atoms with Crippen molar-refractivity contribution in [1.82, 2.24) is 0 Å². The maximum atomic E-state index is 8.83. The summed E-state index contributed by atoms with van der Waals surface area (Å²) in [5.41, 5.74) is 0.920. The standard InChI is InChI=1S/C14H15ClO2/c15-14(16)17-12-13-10-8-6-4-2-1-3-5-7-9-11-13/h1-11,14,16H,12H2. The highest BCUT2D eigenvalue weighted by Crippen LogP contribution is 2.03. The van der Waals surface area contributed by atoms with Gasteiger partial charge in [-0.3, -0.25) is 0 Å². The molecule has 90 valence electrons. The predicted octanol–water partition coefficient (Wildman–Crippen LogP) is 3.24. The first-order valence-corrected chi connectivity index (χ1v) is 5.70. The van der Waals surface area contributed by atoms with Crippen LogP contribution in [0.2, 0.25) is 0 Å². The van der Waals surface area contributed by atoms with Crippen molar-refractivity contribution in [2.75, 3.05) is 6.61 Å². The fourth-order valence-electron chi connectivity index (χ4n) is 1.12. The van der Waals surface area contributed by atoms with E-state index >= 15 is 0 Å². The van der Waals surface area contributed by atoms with E-state index in [1.165, 1.54) is 0 Å². The SMILES string of the molecule is OC(Cl)OCC1=CC=CC=CC=CC=CC=C1. The van der Waals surface area contributed by atoms with Gasteiger partial charge < -0.3 is 9.84 Å². The molecule has 1 aliphatic rings. The second-order valence-electron chi connectivity index (χ2n) is 3.24. The van der Waals surface area contributed by atoms with Crippen LogP contribution in [0, 0.1) is 0 Å². The number of ether oxygens (including phenoxy) is 1. The van der Waals surface area contributed by atoms with Gasteiger partial charge in [-0.25, -0.2) is 0 Å². The number of halogens is 1. The molecule has 1 N–H and O–H groups in total. The van der Waals surface area contributed by atoms with E-state index in [1.54, 1.807) is 0 Å². The van der Waals surface area contributed by atoms with Gasteiger partial charge in [-0.15, -0.1) is 0 Å². The molecule has 0 aliphatic heterocycles. The van der Waals surface area contributed by atoms with E-state index < -0.39 is 5.75 Å². The molecular formula is C14H15ClO2. The summed E-state index contributed by atoms with van der Waals surface area (Å²) in [6.07, 6.45) is 21.1. The van der Waals surface area contributed by atoms with Crippen LogP contribution in [-0.4, -0.2) is 17.5 Å². The van der Waals surface area contributed by atoms with Gasteiger partial charge in [0.2, 0.25) is 5.75 Å². The molecule has 0 bridgehead atoms. The molecule has 1 unspecified atom stereocenters. The molecule has 0 fully saturated rings. The lowest BCUT2D eigenvalue weighted by Crippen LogP contribution is -2.05. The van der Waals surface area contributed by atoms with Gasteiger partial charge in [-0.1, -0.05) is 78.4 Å². The molecule has 1 rings (SSSR count). The number of aliphatic hydroxyl groups excluding tert-OH is 1. The molecule has 0 saturated heterocycles. The fraction of sp³-hybridized carbons (Fsp3) is 0.143. The number of aliphatic hydroxyl groups is 1. The van der Waals surface area contributed by atoms with E-state index in [9.17, 15) is 0 Å². The summed E-state index contributed by atoms with van der Waals surface area (Å²) in [6, 6.07) is 0. The molecular weight excluding hydrogens is 236 g/mol. The van der Waals surface area contributed by atoms with E-state index in [-0.39, 0.29) is 6.61 Å². The summed E-state index contributed by atoms with van der Waals surface area (Å²) in [6.45, 7) is 0.263. The molecule has 3 heteroatoms. The third-order valence-electron chi connectivity index (χ3n) is 1.90. The van der Waals surface area contributed by atoms with Crippen molar-refractivity contribution in [3.05, 3.63) is 72.4 Å². The number of alkyl halides is 1. The molecule has 1 aliphatic carbocycles. The number of hydrogen-bond acceptors (Lipinski definition) is 2. The Labute approximate surface area is 107 Å². The summed E-state index contributed by atoms with van der Waals surface area (Å²) >= 11 is 5.31. The van der Waals surface area contributed by atoms with Gasteiger partial charge in [-0.05, 0) is 5.57 Å². The van der Waals surface area contributed by atoms with E-state index in [4.69, 9.17) is 21.4 Å². The van der Waals surface area contributed by atoms with Gasteiger partial charge >= 0.3 is 0 Å². The van der Waals surface area contributed by atoms with Gasteiger partial charge in [0.15, 0.2) is 0 Å². The molecule has 0 heterocycles. The first-order chi connectivity index (χ1) is 8.29. The Bertz CT molecular complexity index is 385. The van der Waals surface area contributed by atoms with Crippen LogP contribution in [0.15, 0.2) is 72.4 Å². The zero-order chi connectivity index (χ0) is 12.3. The number of allylic oxidation sites excluding steroid dienone is 10. The lowest BCUT2D eigenvalue weighted by Gasteiger charge is -2.04. The Morgan fingerprint density at radius 3 is 2.06 bits per heavy atom. The summed E-state index contributed by atoms with van der Waals surface area (Å²) in [7, 11) is 0. The molecule has 17 heavy (non-hydrogen) atoms. The minimum Gasteiger partial charge on any atom is -0.356 e. The first kappa shape index (κ1) is 13.7. The number of rotatable bonds is 3. The van der Waals surface area contributed by atoms with Crippen molar-refractivity contribution in [2.45, 2.75) is 5.75 Å². The van der Waals surface area contributed by atoms with Crippen LogP contribution in [0.3, 0.4) is 0 Å². The highest BCUT2D eigenvalue weighted by atomic mass is 35.5. The maximum absolute atomic E-state index is 8.83. The van der Waals surface area contributed by atoms with Crippen LogP contribution >= 0.6 is 11.6 Å². The molecule has 0 saturated carbocycles. The first-order valence-electron chi connectivity index (χ1n) is 5.27. The molecule has 0 aromatic carbocycles. The average molecular weight is 251 g/mol. The van der Waals surface area contributed by atoms with Gasteiger partial charge in [0.05, 0.1) is 6.61 Å². The van der Waals surface area contributed by atoms with Gasteiger partial charge in [0.1, 0.15) is 0 Å². The van der Waals surface area contributed by atoms with Crippen molar-refractivity contribution in [3.8, 4) is 0 Å². The third kappa shape index (κ3) is 7.53. The second kappa shape index (κ2) is 8.76. The largest absolute Gasteiger partial charge is 0.356 e. The molecule has 1 atom stereocenters. The molecule has 0 aromatic rings. The van der Waals surface area contributed by atoms with Crippen LogP contribution in [0.25, 0.3) is 0 Å². The van der Waals surface area contributed by atoms with Gasteiger partial charge in [0, 0.05) is 0 Å². The molecule has 2 nitrogen and oxygen atoms in total. The van der Waals surface area contributed by atoms with Crippen molar-refractivity contribution in [2.24, 2.45) is 0 Å². The van der Waals surface area contributed by atoms with Crippen molar-refractivity contribution in [3.63, 3.8) is 0 Å². The Hall–Kier alpha value is -1.35. The van der Waals surface area contributed by atoms with Crippen molar-refractivity contribution in [1.29, 1.82) is 0 Å². The Morgan fingerprint density at radius 1 is 0.941 bits per heavy atom. The quantitative estimate of drug-likeness (QED) is 0.616. The molecule has 0 amide bonds. The monoisotopic (exact) mass is 250 g/mol. The molecule has 0 spiro atoms. The zero-order valence-corrected chi connectivity index (χ0v) is 10.1. The Balaban J connectivity index is 2.70. The van der Waals surface area contributed by atoms with Crippen LogP contribution in [-0.2, 0) is 4.74 Å². The van der Waals surface area contributed by atoms with Gasteiger partial charge in [0.25, 0.3) is 0 Å². The van der Waals surface area contributed by atoms with E-state index in [2.05, 4.69) is 0 Å². The summed E-state index contributed by atoms with van der Waals surface area (Å²) in [5, 5.41) is 8.83. The Morgan fingerprint density at radius 2 is 1.47 bits per heavy atom. The van der Waals surface area contributed by atoms with Crippen molar-refractivity contribution >= 4 is 11.6 Å². The van der Waals surface area contributed by atoms with Crippen LogP contribution in [0.5, 0.6) is 0 Å².